The molecule has 8 aliphatic carbocycles. The summed E-state index contributed by atoms with van der Waals surface area (Å²) in [6.07, 6.45) is 10.8. The van der Waals surface area contributed by atoms with Crippen LogP contribution in [0.5, 0.6) is 0 Å². The molecular formula is C44H70Br2O10. The molecule has 10 nitrogen and oxygen atoms in total. The van der Waals surface area contributed by atoms with Crippen molar-refractivity contribution in [2.45, 2.75) is 171 Å². The quantitative estimate of drug-likeness (QED) is 0.106. The van der Waals surface area contributed by atoms with Crippen molar-refractivity contribution >= 4 is 43.8 Å². The maximum atomic E-state index is 12.0. The summed E-state index contributed by atoms with van der Waals surface area (Å²) in [7, 11) is 0. The van der Waals surface area contributed by atoms with E-state index >= 15 is 0 Å². The Balaban J connectivity index is 0.000000187. The third-order valence-electron chi connectivity index (χ3n) is 17.4. The van der Waals surface area contributed by atoms with Gasteiger partial charge >= 0.3 is 11.9 Å². The van der Waals surface area contributed by atoms with Crippen LogP contribution >= 0.6 is 31.9 Å². The number of aliphatic hydroxyl groups is 6. The second-order valence-electron chi connectivity index (χ2n) is 19.7. The Bertz CT molecular complexity index is 1480. The van der Waals surface area contributed by atoms with E-state index in [1.54, 1.807) is 0 Å². The molecule has 320 valence electrons. The number of halogens is 2. The summed E-state index contributed by atoms with van der Waals surface area (Å²) in [6, 6.07) is 0. The highest BCUT2D eigenvalue weighted by molar-refractivity contribution is 9.09. The van der Waals surface area contributed by atoms with Crippen molar-refractivity contribution in [3.05, 3.63) is 11.6 Å². The average Bonchev–Trinajstić information content (AvgIpc) is 3.54. The first-order chi connectivity index (χ1) is 26.0. The monoisotopic (exact) mass is 916 g/mol. The lowest BCUT2D eigenvalue weighted by Crippen LogP contribution is -2.61. The molecule has 0 radical (unpaired) electrons. The van der Waals surface area contributed by atoms with Gasteiger partial charge in [0, 0.05) is 36.2 Å². The Morgan fingerprint density at radius 2 is 1.34 bits per heavy atom. The minimum Gasteiger partial charge on any atom is -0.461 e. The van der Waals surface area contributed by atoms with Crippen LogP contribution in [0.2, 0.25) is 0 Å². The van der Waals surface area contributed by atoms with Gasteiger partial charge in [-0.3, -0.25) is 9.59 Å². The van der Waals surface area contributed by atoms with E-state index < -0.39 is 12.2 Å². The van der Waals surface area contributed by atoms with Gasteiger partial charge in [0.2, 0.25) is 0 Å². The van der Waals surface area contributed by atoms with E-state index in [4.69, 9.17) is 9.47 Å². The number of alkyl halides is 2. The molecule has 0 spiro atoms. The van der Waals surface area contributed by atoms with Gasteiger partial charge in [-0.2, -0.15) is 0 Å². The van der Waals surface area contributed by atoms with Gasteiger partial charge in [-0.25, -0.2) is 0 Å². The van der Waals surface area contributed by atoms with Gasteiger partial charge in [0.1, 0.15) is 12.2 Å². The molecule has 8 rings (SSSR count). The molecule has 0 heterocycles. The van der Waals surface area contributed by atoms with Crippen LogP contribution in [-0.4, -0.2) is 102 Å². The van der Waals surface area contributed by atoms with Crippen molar-refractivity contribution in [3.63, 3.8) is 0 Å². The van der Waals surface area contributed by atoms with Crippen molar-refractivity contribution in [1.82, 2.24) is 0 Å². The number of esters is 2. The van der Waals surface area contributed by atoms with Crippen LogP contribution in [-0.2, 0) is 19.1 Å². The molecule has 0 aromatic heterocycles. The van der Waals surface area contributed by atoms with Crippen LogP contribution in [0.4, 0.5) is 0 Å². The van der Waals surface area contributed by atoms with Gasteiger partial charge < -0.3 is 40.1 Å². The Labute approximate surface area is 351 Å². The molecule has 7 unspecified atom stereocenters. The molecule has 56 heavy (non-hydrogen) atoms. The highest BCUT2D eigenvalue weighted by atomic mass is 79.9. The molecule has 0 aromatic rings. The molecule has 8 aliphatic rings. The van der Waals surface area contributed by atoms with Gasteiger partial charge in [0.15, 0.2) is 0 Å². The molecule has 0 saturated heterocycles. The molecule has 0 aliphatic heterocycles. The number of aliphatic hydroxyl groups excluding tert-OH is 6. The topological polar surface area (TPSA) is 174 Å². The molecule has 6 N–H and O–H groups in total. The number of ether oxygens (including phenoxy) is 2. The van der Waals surface area contributed by atoms with Gasteiger partial charge in [-0.05, 0) is 130 Å². The predicted octanol–water partition coefficient (Wildman–Crippen LogP) is 6.22. The number of rotatable bonds is 5. The van der Waals surface area contributed by atoms with Crippen molar-refractivity contribution in [3.8, 4) is 0 Å². The standard InChI is InChI=1S/C22H33BrO5.C21H33BrO5.CH4/c1-3-18(27)28-20-16(23)10-15-19-14(5-6-21(15,20)2)22(11-24)7-4-13(25)8-12(22)9-17(19)26;1-11(24)27-19-16(22)9-15-18-14(4-5-20(15,19)2)21(10-23)6-3-13(25)7-12(21)8-17(18)26;/h9,13-17,19-20,24-26H,3-8,10-11H2,1-2H3;12-19,23,25-26H,3-10H2,1-2H3;1H4/t13-,14?,15?,16+,17-,19?,20-,21-,22+;12?,13-,14?,15?,16+,17-,18?,19-,20-,21+;/m00./s1. The van der Waals surface area contributed by atoms with Crippen molar-refractivity contribution in [2.24, 2.45) is 63.1 Å². The fourth-order valence-electron chi connectivity index (χ4n) is 14.7. The molecular weight excluding hydrogens is 848 g/mol. The SMILES string of the molecule is C.CC(=O)O[C@H]1[C@H](Br)CC2C3C(CC[C@@]21C)[C@@]1(CO)CC[C@H](O)CC1C[C@@H]3O.CCC(=O)O[C@H]1[C@H](Br)CC2C3C(CC[C@@]21C)[C@@]1(CO)CC[C@H](O)CC1=C[C@@H]3O. The zero-order chi connectivity index (χ0) is 39.8. The van der Waals surface area contributed by atoms with Gasteiger partial charge in [0.25, 0.3) is 0 Å². The Hall–Kier alpha value is -0.600. The lowest BCUT2D eigenvalue weighted by Gasteiger charge is -2.62. The fourth-order valence-corrected chi connectivity index (χ4v) is 17.0. The second kappa shape index (κ2) is 16.7. The van der Waals surface area contributed by atoms with E-state index in [0.29, 0.717) is 32.1 Å². The highest BCUT2D eigenvalue weighted by Gasteiger charge is 2.67. The molecule has 19 atom stereocenters. The molecule has 12 heteroatoms. The zero-order valence-corrected chi connectivity index (χ0v) is 36.3. The summed E-state index contributed by atoms with van der Waals surface area (Å²) < 4.78 is 11.6. The van der Waals surface area contributed by atoms with E-state index in [1.807, 2.05) is 13.0 Å². The van der Waals surface area contributed by atoms with E-state index in [-0.39, 0.29) is 130 Å². The number of fused-ring (bicyclic) bond motifs is 10. The summed E-state index contributed by atoms with van der Waals surface area (Å²) >= 11 is 7.54. The molecule has 7 saturated carbocycles. The average molecular weight is 919 g/mol. The Morgan fingerprint density at radius 3 is 1.93 bits per heavy atom. The minimum absolute atomic E-state index is 0. The first-order valence-corrected chi connectivity index (χ1v) is 23.1. The minimum atomic E-state index is -0.574. The highest BCUT2D eigenvalue weighted by Crippen LogP contribution is 2.68. The third kappa shape index (κ3) is 7.13. The van der Waals surface area contributed by atoms with Gasteiger partial charge in [0.05, 0.1) is 40.7 Å². The summed E-state index contributed by atoms with van der Waals surface area (Å²) in [5.41, 5.74) is 0.251. The zero-order valence-electron chi connectivity index (χ0n) is 33.1. The Kier molecular flexibility index (Phi) is 13.4. The van der Waals surface area contributed by atoms with Crippen molar-refractivity contribution < 1.29 is 49.7 Å². The summed E-state index contributed by atoms with van der Waals surface area (Å²) in [4.78, 5) is 23.9. The van der Waals surface area contributed by atoms with E-state index in [2.05, 4.69) is 45.7 Å². The largest absolute Gasteiger partial charge is 0.461 e. The van der Waals surface area contributed by atoms with E-state index in [0.717, 1.165) is 63.4 Å². The molecule has 7 fully saturated rings. The van der Waals surface area contributed by atoms with Crippen LogP contribution in [0.1, 0.15) is 125 Å². The summed E-state index contributed by atoms with van der Waals surface area (Å²) in [6.45, 7) is 7.94. The van der Waals surface area contributed by atoms with Crippen molar-refractivity contribution in [1.29, 1.82) is 0 Å². The number of carbonyl (C=O) groups is 2. The smallest absolute Gasteiger partial charge is 0.305 e. The first-order valence-electron chi connectivity index (χ1n) is 21.3. The molecule has 0 amide bonds. The van der Waals surface area contributed by atoms with E-state index in [1.165, 1.54) is 6.92 Å². The molecule has 0 aromatic carbocycles. The lowest BCUT2D eigenvalue weighted by molar-refractivity contribution is -0.198. The molecule has 0 bridgehead atoms. The summed E-state index contributed by atoms with van der Waals surface area (Å²) in [5.74, 6) is 0.944. The number of hydrogen-bond donors (Lipinski definition) is 6. The maximum absolute atomic E-state index is 12.0. The number of carbonyl (C=O) groups excluding carboxylic acids is 2. The normalized spacial score (nSPS) is 51.4. The van der Waals surface area contributed by atoms with Gasteiger partial charge in [-0.1, -0.05) is 71.7 Å². The predicted molar refractivity (Wildman–Crippen MR) is 220 cm³/mol. The van der Waals surface area contributed by atoms with Crippen LogP contribution in [0.25, 0.3) is 0 Å². The van der Waals surface area contributed by atoms with Crippen LogP contribution < -0.4 is 0 Å². The third-order valence-corrected chi connectivity index (χ3v) is 19.1. The first kappa shape index (κ1) is 44.9. The van der Waals surface area contributed by atoms with Crippen LogP contribution in [0.3, 0.4) is 0 Å². The van der Waals surface area contributed by atoms with Crippen LogP contribution in [0.15, 0.2) is 11.6 Å². The van der Waals surface area contributed by atoms with E-state index in [9.17, 15) is 40.2 Å². The Morgan fingerprint density at radius 1 is 0.750 bits per heavy atom. The van der Waals surface area contributed by atoms with Crippen molar-refractivity contribution in [2.75, 3.05) is 13.2 Å². The summed E-state index contributed by atoms with van der Waals surface area (Å²) in [5, 5.41) is 63.6. The van der Waals surface area contributed by atoms with Gasteiger partial charge in [-0.15, -0.1) is 0 Å². The fraction of sp³-hybridized carbons (Fsp3) is 0.909. The number of hydrogen-bond acceptors (Lipinski definition) is 10. The maximum Gasteiger partial charge on any atom is 0.305 e. The lowest BCUT2D eigenvalue weighted by atomic mass is 9.44. The van der Waals surface area contributed by atoms with Crippen LogP contribution in [0, 0.1) is 63.1 Å². The second-order valence-corrected chi connectivity index (χ2v) is 22.0.